The lowest BCUT2D eigenvalue weighted by Crippen LogP contribution is -1.98. The Labute approximate surface area is 67.3 Å². The van der Waals surface area contributed by atoms with E-state index in [2.05, 4.69) is 23.4 Å². The maximum atomic E-state index is 4.52. The van der Waals surface area contributed by atoms with Crippen molar-refractivity contribution in [2.45, 2.75) is 39.7 Å². The van der Waals surface area contributed by atoms with E-state index in [4.69, 9.17) is 0 Å². The summed E-state index contributed by atoms with van der Waals surface area (Å²) in [6, 6.07) is 0. The van der Waals surface area contributed by atoms with Crippen molar-refractivity contribution >= 4 is 0 Å². The Morgan fingerprint density at radius 3 is 3.09 bits per heavy atom. The summed E-state index contributed by atoms with van der Waals surface area (Å²) in [4.78, 5) is 4.52. The van der Waals surface area contributed by atoms with Crippen LogP contribution in [0.1, 0.15) is 30.6 Å². The molecule has 0 aromatic carbocycles. The van der Waals surface area contributed by atoms with E-state index in [-0.39, 0.29) is 0 Å². The van der Waals surface area contributed by atoms with Crippen LogP contribution in [0.5, 0.6) is 0 Å². The van der Waals surface area contributed by atoms with Gasteiger partial charge in [-0.1, -0.05) is 6.92 Å². The molecule has 1 aromatic heterocycles. The molecular formula is C9H14N2. The zero-order valence-electron chi connectivity index (χ0n) is 7.22. The minimum atomic E-state index is 1.12. The summed E-state index contributed by atoms with van der Waals surface area (Å²) in [5, 5.41) is 0. The maximum Gasteiger partial charge on any atom is 0.109 e. The Bertz CT molecular complexity index is 273. The predicted octanol–water partition coefficient (Wildman–Crippen LogP) is 1.70. The fourth-order valence-corrected chi connectivity index (χ4v) is 1.97. The molecule has 2 heteroatoms. The molecular weight excluding hydrogens is 136 g/mol. The molecule has 11 heavy (non-hydrogen) atoms. The monoisotopic (exact) mass is 150 g/mol. The SMILES string of the molecule is CCc1c(C)nc2n1CCC2. The second-order valence-corrected chi connectivity index (χ2v) is 3.17. The Kier molecular flexibility index (Phi) is 1.48. The van der Waals surface area contributed by atoms with Crippen LogP contribution in [0, 0.1) is 6.92 Å². The van der Waals surface area contributed by atoms with Gasteiger partial charge in [-0.25, -0.2) is 4.98 Å². The highest BCUT2D eigenvalue weighted by Gasteiger charge is 2.16. The summed E-state index contributed by atoms with van der Waals surface area (Å²) >= 11 is 0. The molecule has 0 saturated heterocycles. The molecule has 0 atom stereocenters. The van der Waals surface area contributed by atoms with E-state index in [0.717, 1.165) is 6.42 Å². The van der Waals surface area contributed by atoms with E-state index in [0.29, 0.717) is 0 Å². The van der Waals surface area contributed by atoms with E-state index < -0.39 is 0 Å². The highest BCUT2D eigenvalue weighted by molar-refractivity contribution is 5.17. The van der Waals surface area contributed by atoms with Crippen LogP contribution >= 0.6 is 0 Å². The first-order valence-corrected chi connectivity index (χ1v) is 4.37. The second-order valence-electron chi connectivity index (χ2n) is 3.17. The molecule has 0 fully saturated rings. The highest BCUT2D eigenvalue weighted by Crippen LogP contribution is 2.19. The number of hydrogen-bond acceptors (Lipinski definition) is 1. The normalized spacial score (nSPS) is 15.5. The van der Waals surface area contributed by atoms with Gasteiger partial charge in [-0.2, -0.15) is 0 Å². The van der Waals surface area contributed by atoms with Crippen molar-refractivity contribution in [1.82, 2.24) is 9.55 Å². The minimum Gasteiger partial charge on any atom is -0.332 e. The second kappa shape index (κ2) is 2.36. The molecule has 1 aliphatic heterocycles. The smallest absolute Gasteiger partial charge is 0.109 e. The zero-order valence-corrected chi connectivity index (χ0v) is 7.22. The molecule has 60 valence electrons. The predicted molar refractivity (Wildman–Crippen MR) is 44.7 cm³/mol. The van der Waals surface area contributed by atoms with Crippen LogP contribution in [-0.2, 0) is 19.4 Å². The van der Waals surface area contributed by atoms with E-state index in [9.17, 15) is 0 Å². The summed E-state index contributed by atoms with van der Waals surface area (Å²) in [5.74, 6) is 1.30. The van der Waals surface area contributed by atoms with E-state index in [1.807, 2.05) is 0 Å². The van der Waals surface area contributed by atoms with Gasteiger partial charge in [-0.15, -0.1) is 0 Å². The average molecular weight is 150 g/mol. The van der Waals surface area contributed by atoms with Crippen molar-refractivity contribution in [3.05, 3.63) is 17.2 Å². The van der Waals surface area contributed by atoms with Gasteiger partial charge < -0.3 is 4.57 Å². The van der Waals surface area contributed by atoms with Crippen molar-refractivity contribution < 1.29 is 0 Å². The fraction of sp³-hybridized carbons (Fsp3) is 0.667. The molecule has 2 nitrogen and oxygen atoms in total. The van der Waals surface area contributed by atoms with Gasteiger partial charge in [0.05, 0.1) is 5.69 Å². The van der Waals surface area contributed by atoms with Gasteiger partial charge in [0.2, 0.25) is 0 Å². The van der Waals surface area contributed by atoms with Crippen LogP contribution < -0.4 is 0 Å². The number of hydrogen-bond donors (Lipinski definition) is 0. The molecule has 0 unspecified atom stereocenters. The molecule has 2 rings (SSSR count). The first kappa shape index (κ1) is 6.89. The molecule has 0 bridgehead atoms. The summed E-state index contributed by atoms with van der Waals surface area (Å²) in [6.45, 7) is 5.51. The van der Waals surface area contributed by atoms with Gasteiger partial charge >= 0.3 is 0 Å². The van der Waals surface area contributed by atoms with Gasteiger partial charge in [0.25, 0.3) is 0 Å². The average Bonchev–Trinajstić information content (AvgIpc) is 2.46. The quantitative estimate of drug-likeness (QED) is 0.595. The van der Waals surface area contributed by atoms with Crippen molar-refractivity contribution in [1.29, 1.82) is 0 Å². The van der Waals surface area contributed by atoms with E-state index in [1.165, 1.54) is 36.6 Å². The number of fused-ring (bicyclic) bond motifs is 1. The van der Waals surface area contributed by atoms with Crippen LogP contribution in [0.3, 0.4) is 0 Å². The first-order chi connectivity index (χ1) is 5.33. The van der Waals surface area contributed by atoms with Gasteiger partial charge in [0, 0.05) is 18.7 Å². The van der Waals surface area contributed by atoms with Crippen molar-refractivity contribution in [3.63, 3.8) is 0 Å². The maximum absolute atomic E-state index is 4.52. The number of rotatable bonds is 1. The van der Waals surface area contributed by atoms with Gasteiger partial charge in [-0.05, 0) is 19.8 Å². The lowest BCUT2D eigenvalue weighted by Gasteiger charge is -2.01. The molecule has 0 radical (unpaired) electrons. The van der Waals surface area contributed by atoms with Crippen molar-refractivity contribution in [2.75, 3.05) is 0 Å². The van der Waals surface area contributed by atoms with E-state index >= 15 is 0 Å². The van der Waals surface area contributed by atoms with Gasteiger partial charge in [-0.3, -0.25) is 0 Å². The van der Waals surface area contributed by atoms with Crippen molar-refractivity contribution in [3.8, 4) is 0 Å². The van der Waals surface area contributed by atoms with Crippen LogP contribution in [0.15, 0.2) is 0 Å². The summed E-state index contributed by atoms with van der Waals surface area (Å²) in [7, 11) is 0. The zero-order chi connectivity index (χ0) is 7.84. The van der Waals surface area contributed by atoms with E-state index in [1.54, 1.807) is 0 Å². The molecule has 0 N–H and O–H groups in total. The van der Waals surface area contributed by atoms with Gasteiger partial charge in [0.1, 0.15) is 5.82 Å². The third-order valence-corrected chi connectivity index (χ3v) is 2.47. The number of imidazole rings is 1. The molecule has 2 heterocycles. The molecule has 0 amide bonds. The number of aryl methyl sites for hydroxylation is 2. The van der Waals surface area contributed by atoms with Crippen LogP contribution in [-0.4, -0.2) is 9.55 Å². The molecule has 0 aliphatic carbocycles. The Morgan fingerprint density at radius 2 is 2.36 bits per heavy atom. The molecule has 0 spiro atoms. The highest BCUT2D eigenvalue weighted by atomic mass is 15.1. The molecule has 0 saturated carbocycles. The number of nitrogens with zero attached hydrogens (tertiary/aromatic N) is 2. The Balaban J connectivity index is 2.52. The Morgan fingerprint density at radius 1 is 1.55 bits per heavy atom. The fourth-order valence-electron chi connectivity index (χ4n) is 1.97. The first-order valence-electron chi connectivity index (χ1n) is 4.37. The van der Waals surface area contributed by atoms with Crippen molar-refractivity contribution in [2.24, 2.45) is 0 Å². The molecule has 1 aliphatic rings. The lowest BCUT2D eigenvalue weighted by molar-refractivity contribution is 0.708. The topological polar surface area (TPSA) is 17.8 Å². The van der Waals surface area contributed by atoms with Crippen LogP contribution in [0.2, 0.25) is 0 Å². The summed E-state index contributed by atoms with van der Waals surface area (Å²) in [5.41, 5.74) is 2.68. The standard InChI is InChI=1S/C9H14N2/c1-3-8-7(2)10-9-5-4-6-11(8)9/h3-6H2,1-2H3. The Hall–Kier alpha value is -0.790. The lowest BCUT2D eigenvalue weighted by atomic mass is 10.3. The summed E-state index contributed by atoms with van der Waals surface area (Å²) in [6.07, 6.45) is 3.59. The largest absolute Gasteiger partial charge is 0.332 e. The third-order valence-electron chi connectivity index (χ3n) is 2.47. The van der Waals surface area contributed by atoms with Crippen LogP contribution in [0.25, 0.3) is 0 Å². The summed E-state index contributed by atoms with van der Waals surface area (Å²) < 4.78 is 2.38. The van der Waals surface area contributed by atoms with Crippen LogP contribution in [0.4, 0.5) is 0 Å². The third kappa shape index (κ3) is 0.889. The minimum absolute atomic E-state index is 1.12. The molecule has 1 aromatic rings. The van der Waals surface area contributed by atoms with Gasteiger partial charge in [0.15, 0.2) is 0 Å². The number of aromatic nitrogens is 2.